The van der Waals surface area contributed by atoms with Gasteiger partial charge >= 0.3 is 0 Å². The van der Waals surface area contributed by atoms with Crippen molar-refractivity contribution in [1.82, 2.24) is 14.7 Å². The van der Waals surface area contributed by atoms with E-state index in [-0.39, 0.29) is 11.9 Å². The monoisotopic (exact) mass is 273 g/mol. The van der Waals surface area contributed by atoms with Crippen molar-refractivity contribution in [1.29, 1.82) is 0 Å². The van der Waals surface area contributed by atoms with Gasteiger partial charge in [-0.3, -0.25) is 4.79 Å². The van der Waals surface area contributed by atoms with Crippen molar-refractivity contribution in [2.75, 3.05) is 18.5 Å². The molecule has 3 heterocycles. The fraction of sp³-hybridized carbons (Fsp3) is 0.429. The summed E-state index contributed by atoms with van der Waals surface area (Å²) in [5, 5.41) is 2.73. The van der Waals surface area contributed by atoms with Gasteiger partial charge in [-0.1, -0.05) is 6.07 Å². The molecule has 3 N–H and O–H groups in total. The molecule has 1 fully saturated rings. The lowest BCUT2D eigenvalue weighted by molar-refractivity contribution is -0.121. The Hall–Kier alpha value is -2.08. The number of aromatic nitrogens is 2. The Kier molecular flexibility index (Phi) is 3.31. The summed E-state index contributed by atoms with van der Waals surface area (Å²) in [7, 11) is 1.67. The van der Waals surface area contributed by atoms with E-state index in [0.717, 1.165) is 36.5 Å². The van der Waals surface area contributed by atoms with Gasteiger partial charge in [-0.15, -0.1) is 0 Å². The number of anilines is 1. The lowest BCUT2D eigenvalue weighted by atomic mass is 10.2. The molecule has 0 aromatic carbocycles. The second-order valence-corrected chi connectivity index (χ2v) is 4.98. The molecule has 3 rings (SSSR count). The molecular weight excluding hydrogens is 254 g/mol. The van der Waals surface area contributed by atoms with Gasteiger partial charge in [-0.25, -0.2) is 4.98 Å². The second kappa shape index (κ2) is 5.13. The van der Waals surface area contributed by atoms with Gasteiger partial charge in [0.25, 0.3) is 0 Å². The zero-order valence-electron chi connectivity index (χ0n) is 11.5. The smallest absolute Gasteiger partial charge is 0.242 e. The van der Waals surface area contributed by atoms with E-state index >= 15 is 0 Å². The first-order valence-electron chi connectivity index (χ1n) is 6.90. The summed E-state index contributed by atoms with van der Waals surface area (Å²) in [5.74, 6) is 0.882. The number of nitrogens with zero attached hydrogens (tertiary/aromatic N) is 3. The zero-order valence-corrected chi connectivity index (χ0v) is 11.5. The van der Waals surface area contributed by atoms with Crippen LogP contribution in [-0.2, 0) is 11.3 Å². The highest BCUT2D eigenvalue weighted by atomic mass is 16.2. The van der Waals surface area contributed by atoms with Gasteiger partial charge in [0.1, 0.15) is 11.7 Å². The molecule has 2 aromatic heterocycles. The molecule has 6 nitrogen and oxygen atoms in total. The summed E-state index contributed by atoms with van der Waals surface area (Å²) < 4.78 is 1.99. The van der Waals surface area contributed by atoms with E-state index in [1.165, 1.54) is 0 Å². The van der Waals surface area contributed by atoms with E-state index in [2.05, 4.69) is 15.2 Å². The molecule has 1 atom stereocenters. The van der Waals surface area contributed by atoms with Gasteiger partial charge < -0.3 is 20.4 Å². The van der Waals surface area contributed by atoms with Crippen LogP contribution in [0.4, 0.5) is 5.82 Å². The molecule has 1 aliphatic rings. The number of amides is 1. The van der Waals surface area contributed by atoms with Gasteiger partial charge in [0.15, 0.2) is 5.82 Å². The first-order valence-corrected chi connectivity index (χ1v) is 6.90. The number of carbonyl (C=O) groups is 1. The minimum atomic E-state index is -0.143. The molecule has 20 heavy (non-hydrogen) atoms. The Balaban J connectivity index is 2.07. The number of nitrogens with one attached hydrogen (secondary N) is 1. The van der Waals surface area contributed by atoms with E-state index in [4.69, 9.17) is 5.73 Å². The molecule has 1 aliphatic heterocycles. The molecule has 1 amide bonds. The number of hydrogen-bond donors (Lipinski definition) is 2. The Bertz CT molecular complexity index is 636. The van der Waals surface area contributed by atoms with E-state index in [1.807, 2.05) is 28.8 Å². The molecule has 106 valence electrons. The van der Waals surface area contributed by atoms with Crippen LogP contribution in [0.25, 0.3) is 5.65 Å². The van der Waals surface area contributed by atoms with E-state index in [1.54, 1.807) is 7.05 Å². The third kappa shape index (κ3) is 1.92. The van der Waals surface area contributed by atoms with Crippen LogP contribution in [0.5, 0.6) is 0 Å². The van der Waals surface area contributed by atoms with Crippen LogP contribution in [0.15, 0.2) is 24.4 Å². The number of hydrogen-bond acceptors (Lipinski definition) is 4. The Morgan fingerprint density at radius 2 is 2.40 bits per heavy atom. The first kappa shape index (κ1) is 12.9. The number of fused-ring (bicyclic) bond motifs is 1. The fourth-order valence-electron chi connectivity index (χ4n) is 2.91. The van der Waals surface area contributed by atoms with Gasteiger partial charge in [-0.05, 0) is 25.0 Å². The number of pyridine rings is 1. The van der Waals surface area contributed by atoms with Crippen LogP contribution in [-0.4, -0.2) is 34.9 Å². The summed E-state index contributed by atoms with van der Waals surface area (Å²) in [6, 6.07) is 5.72. The van der Waals surface area contributed by atoms with Crippen LogP contribution in [0.1, 0.15) is 18.5 Å². The highest BCUT2D eigenvalue weighted by molar-refractivity contribution is 5.85. The average molecular weight is 273 g/mol. The van der Waals surface area contributed by atoms with Gasteiger partial charge in [0.05, 0.1) is 5.69 Å². The lowest BCUT2D eigenvalue weighted by Gasteiger charge is -2.24. The van der Waals surface area contributed by atoms with Gasteiger partial charge in [-0.2, -0.15) is 0 Å². The Morgan fingerprint density at radius 3 is 3.15 bits per heavy atom. The maximum Gasteiger partial charge on any atom is 0.242 e. The number of imidazole rings is 1. The van der Waals surface area contributed by atoms with Gasteiger partial charge in [0.2, 0.25) is 5.91 Å². The average Bonchev–Trinajstić information content (AvgIpc) is 3.09. The van der Waals surface area contributed by atoms with Crippen molar-refractivity contribution in [2.24, 2.45) is 5.73 Å². The number of carbonyl (C=O) groups excluding carboxylic acids is 1. The molecule has 0 bridgehead atoms. The molecule has 0 radical (unpaired) electrons. The van der Waals surface area contributed by atoms with Crippen LogP contribution >= 0.6 is 0 Å². The summed E-state index contributed by atoms with van der Waals surface area (Å²) in [6.45, 7) is 1.24. The van der Waals surface area contributed by atoms with Crippen molar-refractivity contribution < 1.29 is 4.79 Å². The van der Waals surface area contributed by atoms with E-state index < -0.39 is 0 Å². The number of rotatable bonds is 3. The molecule has 0 saturated carbocycles. The maximum atomic E-state index is 12.0. The third-order valence-electron chi connectivity index (χ3n) is 3.87. The molecule has 6 heteroatoms. The van der Waals surface area contributed by atoms with Crippen LogP contribution in [0.2, 0.25) is 0 Å². The van der Waals surface area contributed by atoms with Crippen LogP contribution in [0, 0.1) is 0 Å². The SMILES string of the molecule is CNC(=O)C1CCCN1c1nc2ccccn2c1CN. The summed E-state index contributed by atoms with van der Waals surface area (Å²) in [4.78, 5) is 18.7. The summed E-state index contributed by atoms with van der Waals surface area (Å²) in [5.41, 5.74) is 7.72. The molecule has 2 aromatic rings. The standard InChI is InChI=1S/C14H19N5O/c1-16-14(20)10-5-4-8-19(10)13-11(9-15)18-7-3-2-6-12(18)17-13/h2-3,6-7,10H,4-5,8-9,15H2,1H3,(H,16,20). The second-order valence-electron chi connectivity index (χ2n) is 4.98. The summed E-state index contributed by atoms with van der Waals surface area (Å²) in [6.07, 6.45) is 3.81. The predicted octanol–water partition coefficient (Wildman–Crippen LogP) is 0.508. The highest BCUT2D eigenvalue weighted by Crippen LogP contribution is 2.28. The van der Waals surface area contributed by atoms with E-state index in [9.17, 15) is 4.79 Å². The van der Waals surface area contributed by atoms with Crippen molar-refractivity contribution in [2.45, 2.75) is 25.4 Å². The lowest BCUT2D eigenvalue weighted by Crippen LogP contribution is -2.42. The Morgan fingerprint density at radius 1 is 1.55 bits per heavy atom. The molecule has 0 aliphatic carbocycles. The van der Waals surface area contributed by atoms with Crippen LogP contribution in [0.3, 0.4) is 0 Å². The first-order chi connectivity index (χ1) is 9.76. The quantitative estimate of drug-likeness (QED) is 0.854. The maximum absolute atomic E-state index is 12.0. The third-order valence-corrected chi connectivity index (χ3v) is 3.87. The minimum Gasteiger partial charge on any atom is -0.357 e. The molecular formula is C14H19N5O. The van der Waals surface area contributed by atoms with Crippen molar-refractivity contribution >= 4 is 17.4 Å². The largest absolute Gasteiger partial charge is 0.357 e. The van der Waals surface area contributed by atoms with Crippen molar-refractivity contribution in [3.63, 3.8) is 0 Å². The zero-order chi connectivity index (χ0) is 14.1. The Labute approximate surface area is 117 Å². The molecule has 0 spiro atoms. The van der Waals surface area contributed by atoms with E-state index in [0.29, 0.717) is 6.54 Å². The number of likely N-dealkylation sites (N-methyl/N-ethyl adjacent to an activating group) is 1. The minimum absolute atomic E-state index is 0.0440. The normalized spacial score (nSPS) is 18.7. The highest BCUT2D eigenvalue weighted by Gasteiger charge is 2.33. The van der Waals surface area contributed by atoms with Gasteiger partial charge in [0, 0.05) is 26.3 Å². The van der Waals surface area contributed by atoms with Crippen molar-refractivity contribution in [3.05, 3.63) is 30.1 Å². The van der Waals surface area contributed by atoms with Crippen molar-refractivity contribution in [3.8, 4) is 0 Å². The topological polar surface area (TPSA) is 75.7 Å². The van der Waals surface area contributed by atoms with Crippen LogP contribution < -0.4 is 16.0 Å². The fourth-order valence-corrected chi connectivity index (χ4v) is 2.91. The predicted molar refractivity (Wildman–Crippen MR) is 77.5 cm³/mol. The number of nitrogens with two attached hydrogens (primary N) is 1. The summed E-state index contributed by atoms with van der Waals surface area (Å²) >= 11 is 0. The molecule has 1 unspecified atom stereocenters. The molecule has 1 saturated heterocycles.